The molecule has 1 heterocycles. The zero-order chi connectivity index (χ0) is 17.5. The average Bonchev–Trinajstić information content (AvgIpc) is 2.87. The highest BCUT2D eigenvalue weighted by Gasteiger charge is 2.33. The molecule has 1 aliphatic heterocycles. The van der Waals surface area contributed by atoms with E-state index in [2.05, 4.69) is 16.0 Å². The Labute approximate surface area is 143 Å². The molecule has 0 unspecified atom stereocenters. The molecule has 24 heavy (non-hydrogen) atoms. The summed E-state index contributed by atoms with van der Waals surface area (Å²) in [5, 5.41) is 29.0. The van der Waals surface area contributed by atoms with Gasteiger partial charge < -0.3 is 26.2 Å². The Hall–Kier alpha value is -1.47. The molecule has 1 saturated heterocycles. The van der Waals surface area contributed by atoms with Crippen LogP contribution in [-0.4, -0.2) is 54.0 Å². The van der Waals surface area contributed by atoms with Gasteiger partial charge in [0.05, 0.1) is 12.2 Å². The van der Waals surface area contributed by atoms with Gasteiger partial charge in [0, 0.05) is 38.1 Å². The standard InChI is InChI=1S/C18H29N3O3/c1-12(2)8-17(23)21-9-14(13-6-4-3-5-7-13)19-10-15-18(24)16(22)11-20-15/h3-7,12,14-16,18-20,22,24H,8-11H2,1-2H3,(H,21,23)/t14-,15+,16-,18+/m0/s1. The third-order valence-electron chi connectivity index (χ3n) is 4.28. The molecular weight excluding hydrogens is 306 g/mol. The first-order chi connectivity index (χ1) is 11.5. The molecule has 1 aliphatic rings. The molecule has 1 aromatic carbocycles. The van der Waals surface area contributed by atoms with E-state index in [9.17, 15) is 15.0 Å². The van der Waals surface area contributed by atoms with Crippen molar-refractivity contribution in [1.29, 1.82) is 0 Å². The number of aliphatic hydroxyl groups excluding tert-OH is 2. The normalized spacial score (nSPS) is 25.0. The number of hydrogen-bond acceptors (Lipinski definition) is 5. The maximum Gasteiger partial charge on any atom is 0.220 e. The Balaban J connectivity index is 1.92. The fourth-order valence-electron chi connectivity index (χ4n) is 2.90. The Kier molecular flexibility index (Phi) is 7.17. The summed E-state index contributed by atoms with van der Waals surface area (Å²) >= 11 is 0. The number of hydrogen-bond donors (Lipinski definition) is 5. The lowest BCUT2D eigenvalue weighted by Gasteiger charge is -2.24. The number of benzene rings is 1. The summed E-state index contributed by atoms with van der Waals surface area (Å²) in [6.45, 7) is 5.43. The molecule has 0 aromatic heterocycles. The van der Waals surface area contributed by atoms with Crippen molar-refractivity contribution in [2.75, 3.05) is 19.6 Å². The van der Waals surface area contributed by atoms with Crippen molar-refractivity contribution in [2.24, 2.45) is 5.92 Å². The largest absolute Gasteiger partial charge is 0.389 e. The Bertz CT molecular complexity index is 509. The molecule has 0 saturated carbocycles. The second-order valence-electron chi connectivity index (χ2n) is 6.85. The molecule has 6 nitrogen and oxygen atoms in total. The molecule has 0 aliphatic carbocycles. The van der Waals surface area contributed by atoms with Crippen LogP contribution in [0.1, 0.15) is 31.9 Å². The van der Waals surface area contributed by atoms with Crippen molar-refractivity contribution in [3.8, 4) is 0 Å². The molecule has 0 bridgehead atoms. The quantitative estimate of drug-likeness (QED) is 0.467. The van der Waals surface area contributed by atoms with Gasteiger partial charge in [0.25, 0.3) is 0 Å². The van der Waals surface area contributed by atoms with Gasteiger partial charge >= 0.3 is 0 Å². The smallest absolute Gasteiger partial charge is 0.220 e. The average molecular weight is 335 g/mol. The minimum Gasteiger partial charge on any atom is -0.389 e. The van der Waals surface area contributed by atoms with Gasteiger partial charge in [-0.2, -0.15) is 0 Å². The molecule has 2 rings (SSSR count). The van der Waals surface area contributed by atoms with Crippen molar-refractivity contribution in [3.05, 3.63) is 35.9 Å². The van der Waals surface area contributed by atoms with E-state index in [1.54, 1.807) is 0 Å². The van der Waals surface area contributed by atoms with E-state index in [4.69, 9.17) is 0 Å². The van der Waals surface area contributed by atoms with E-state index < -0.39 is 12.2 Å². The molecule has 6 heteroatoms. The SMILES string of the molecule is CC(C)CC(=O)NC[C@H](NC[C@H]1NC[C@H](O)[C@@H]1O)c1ccccc1. The fourth-order valence-corrected chi connectivity index (χ4v) is 2.90. The zero-order valence-corrected chi connectivity index (χ0v) is 14.4. The topological polar surface area (TPSA) is 93.6 Å². The number of rotatable bonds is 8. The van der Waals surface area contributed by atoms with Crippen molar-refractivity contribution >= 4 is 5.91 Å². The Morgan fingerprint density at radius 2 is 2.00 bits per heavy atom. The van der Waals surface area contributed by atoms with E-state index in [-0.39, 0.29) is 18.0 Å². The lowest BCUT2D eigenvalue weighted by atomic mass is 10.0. The van der Waals surface area contributed by atoms with Crippen molar-refractivity contribution in [3.63, 3.8) is 0 Å². The maximum atomic E-state index is 11.9. The van der Waals surface area contributed by atoms with Crippen LogP contribution in [-0.2, 0) is 4.79 Å². The van der Waals surface area contributed by atoms with Crippen LogP contribution < -0.4 is 16.0 Å². The highest BCUT2D eigenvalue weighted by molar-refractivity contribution is 5.76. The number of carbonyl (C=O) groups is 1. The number of aliphatic hydroxyl groups is 2. The third kappa shape index (κ3) is 5.56. The summed E-state index contributed by atoms with van der Waals surface area (Å²) in [6.07, 6.45) is -0.987. The van der Waals surface area contributed by atoms with Gasteiger partial charge in [-0.3, -0.25) is 4.79 Å². The summed E-state index contributed by atoms with van der Waals surface area (Å²) in [4.78, 5) is 11.9. The first kappa shape index (κ1) is 18.9. The molecule has 4 atom stereocenters. The molecule has 1 aromatic rings. The summed E-state index contributed by atoms with van der Waals surface area (Å²) in [7, 11) is 0. The summed E-state index contributed by atoms with van der Waals surface area (Å²) in [6, 6.07) is 9.67. The lowest BCUT2D eigenvalue weighted by molar-refractivity contribution is -0.121. The van der Waals surface area contributed by atoms with E-state index in [0.29, 0.717) is 32.0 Å². The maximum absolute atomic E-state index is 11.9. The predicted molar refractivity (Wildman–Crippen MR) is 93.5 cm³/mol. The zero-order valence-electron chi connectivity index (χ0n) is 14.4. The number of amides is 1. The molecule has 1 fully saturated rings. The summed E-state index contributed by atoms with van der Waals surface area (Å²) in [5.74, 6) is 0.370. The second-order valence-corrected chi connectivity index (χ2v) is 6.85. The van der Waals surface area contributed by atoms with Crippen LogP contribution in [0.5, 0.6) is 0 Å². The van der Waals surface area contributed by atoms with E-state index in [1.807, 2.05) is 44.2 Å². The van der Waals surface area contributed by atoms with Crippen molar-refractivity contribution < 1.29 is 15.0 Å². The molecular formula is C18H29N3O3. The van der Waals surface area contributed by atoms with Gasteiger partial charge in [0.1, 0.15) is 0 Å². The molecule has 5 N–H and O–H groups in total. The monoisotopic (exact) mass is 335 g/mol. The van der Waals surface area contributed by atoms with Gasteiger partial charge in [-0.15, -0.1) is 0 Å². The van der Waals surface area contributed by atoms with Crippen molar-refractivity contribution in [1.82, 2.24) is 16.0 Å². The second kappa shape index (κ2) is 9.13. The molecule has 134 valence electrons. The van der Waals surface area contributed by atoms with Crippen LogP contribution in [0.15, 0.2) is 30.3 Å². The lowest BCUT2D eigenvalue weighted by Crippen LogP contribution is -2.45. The predicted octanol–water partition coefficient (Wildman–Crippen LogP) is 0.173. The van der Waals surface area contributed by atoms with Gasteiger partial charge in [0.2, 0.25) is 5.91 Å². The number of β-amino-alcohol motifs (C(OH)–C–C–N with tert-alkyl or cyclic N) is 1. The minimum absolute atomic E-state index is 0.0437. The number of nitrogens with one attached hydrogen (secondary N) is 3. The Morgan fingerprint density at radius 1 is 1.29 bits per heavy atom. The van der Waals surface area contributed by atoms with Crippen LogP contribution in [0.4, 0.5) is 0 Å². The van der Waals surface area contributed by atoms with Gasteiger partial charge in [0.15, 0.2) is 0 Å². The molecule has 0 spiro atoms. The fraction of sp³-hybridized carbons (Fsp3) is 0.611. The molecule has 0 radical (unpaired) electrons. The van der Waals surface area contributed by atoms with E-state index in [0.717, 1.165) is 5.56 Å². The van der Waals surface area contributed by atoms with E-state index in [1.165, 1.54) is 0 Å². The van der Waals surface area contributed by atoms with Crippen molar-refractivity contribution in [2.45, 2.75) is 44.6 Å². The van der Waals surface area contributed by atoms with E-state index >= 15 is 0 Å². The van der Waals surface area contributed by atoms with Gasteiger partial charge in [-0.05, 0) is 11.5 Å². The van der Waals surface area contributed by atoms with Gasteiger partial charge in [-0.1, -0.05) is 44.2 Å². The van der Waals surface area contributed by atoms with Crippen LogP contribution in [0.3, 0.4) is 0 Å². The number of carbonyl (C=O) groups excluding carboxylic acids is 1. The molecule has 1 amide bonds. The van der Waals surface area contributed by atoms with Crippen LogP contribution in [0.25, 0.3) is 0 Å². The third-order valence-corrected chi connectivity index (χ3v) is 4.28. The van der Waals surface area contributed by atoms with Crippen LogP contribution in [0, 0.1) is 5.92 Å². The van der Waals surface area contributed by atoms with Crippen LogP contribution >= 0.6 is 0 Å². The first-order valence-corrected chi connectivity index (χ1v) is 8.62. The highest BCUT2D eigenvalue weighted by atomic mass is 16.3. The summed E-state index contributed by atoms with van der Waals surface area (Å²) in [5.41, 5.74) is 1.08. The minimum atomic E-state index is -0.774. The highest BCUT2D eigenvalue weighted by Crippen LogP contribution is 2.14. The van der Waals surface area contributed by atoms with Crippen LogP contribution in [0.2, 0.25) is 0 Å². The van der Waals surface area contributed by atoms with Gasteiger partial charge in [-0.25, -0.2) is 0 Å². The summed E-state index contributed by atoms with van der Waals surface area (Å²) < 4.78 is 0. The Morgan fingerprint density at radius 3 is 2.58 bits per heavy atom. The first-order valence-electron chi connectivity index (χ1n) is 8.62.